The highest BCUT2D eigenvalue weighted by atomic mass is 32.2. The van der Waals surface area contributed by atoms with Gasteiger partial charge in [-0.2, -0.15) is 0 Å². The fourth-order valence-corrected chi connectivity index (χ4v) is 5.14. The van der Waals surface area contributed by atoms with Crippen molar-refractivity contribution in [3.63, 3.8) is 0 Å². The molecule has 0 spiro atoms. The van der Waals surface area contributed by atoms with E-state index < -0.39 is 0 Å². The summed E-state index contributed by atoms with van der Waals surface area (Å²) < 4.78 is 0. The predicted molar refractivity (Wildman–Crippen MR) is 197 cm³/mol. The number of hydrogen-bond acceptors (Lipinski definition) is 13. The smallest absolute Gasteiger partial charge is 0.245 e. The molecule has 250 valence electrons. The molecular formula is C33H42N14S. The van der Waals surface area contributed by atoms with Gasteiger partial charge in [-0.1, -0.05) is 11.8 Å². The van der Waals surface area contributed by atoms with E-state index in [4.69, 9.17) is 30.3 Å². The second-order valence-corrected chi connectivity index (χ2v) is 11.9. The van der Waals surface area contributed by atoms with Gasteiger partial charge in [-0.15, -0.1) is 0 Å². The minimum atomic E-state index is 0.187. The number of hydrogen-bond donors (Lipinski definition) is 4. The first-order valence-electron chi connectivity index (χ1n) is 15.3. The third kappa shape index (κ3) is 10.3. The van der Waals surface area contributed by atoms with Gasteiger partial charge in [-0.25, -0.2) is 29.6 Å². The summed E-state index contributed by atoms with van der Waals surface area (Å²) in [6, 6.07) is 16.3. The first kappa shape index (κ1) is 35.5. The Balaban J connectivity index is 0.000000177. The lowest BCUT2D eigenvalue weighted by molar-refractivity contribution is 0.313. The second-order valence-electron chi connectivity index (χ2n) is 11.2. The van der Waals surface area contributed by atoms with Crippen molar-refractivity contribution in [3.8, 4) is 0 Å². The zero-order chi connectivity index (χ0) is 34.5. The van der Waals surface area contributed by atoms with Crippen molar-refractivity contribution in [2.45, 2.75) is 5.16 Å². The zero-order valence-corrected chi connectivity index (χ0v) is 28.4. The number of nitrogens with two attached hydrogens (primary N) is 3. The average molecular weight is 667 g/mol. The van der Waals surface area contributed by atoms with Crippen LogP contribution in [0.15, 0.2) is 66.1 Å². The summed E-state index contributed by atoms with van der Waals surface area (Å²) in [4.78, 5) is 31.8. The Morgan fingerprint density at radius 1 is 0.667 bits per heavy atom. The fourth-order valence-electron chi connectivity index (χ4n) is 4.79. The first-order valence-corrected chi connectivity index (χ1v) is 16.5. The van der Waals surface area contributed by atoms with Crippen LogP contribution in [0.3, 0.4) is 0 Å². The number of nitrogen functional groups attached to an aromatic ring is 3. The van der Waals surface area contributed by atoms with Crippen molar-refractivity contribution in [1.29, 1.82) is 0 Å². The predicted octanol–water partition coefficient (Wildman–Crippen LogP) is 4.46. The Hall–Kier alpha value is -5.35. The Kier molecular flexibility index (Phi) is 13.0. The highest BCUT2D eigenvalue weighted by Gasteiger charge is 2.15. The van der Waals surface area contributed by atoms with Crippen LogP contribution in [0.1, 0.15) is 0 Å². The quantitative estimate of drug-likeness (QED) is 0.102. The number of thioether (sulfide) groups is 1. The molecule has 4 aromatic rings. The number of benzene rings is 2. The lowest BCUT2D eigenvalue weighted by Gasteiger charge is -2.34. The van der Waals surface area contributed by atoms with Crippen LogP contribution in [0, 0.1) is 13.1 Å². The monoisotopic (exact) mass is 666 g/mol. The van der Waals surface area contributed by atoms with Gasteiger partial charge in [0, 0.05) is 87.5 Å². The molecule has 4 heterocycles. The van der Waals surface area contributed by atoms with Crippen molar-refractivity contribution >= 4 is 63.5 Å². The van der Waals surface area contributed by atoms with Gasteiger partial charge in [0.1, 0.15) is 11.6 Å². The molecule has 0 radical (unpaired) electrons. The van der Waals surface area contributed by atoms with Gasteiger partial charge < -0.3 is 42.1 Å². The van der Waals surface area contributed by atoms with Crippen LogP contribution < -0.4 is 32.3 Å². The highest BCUT2D eigenvalue weighted by molar-refractivity contribution is 7.98. The zero-order valence-electron chi connectivity index (χ0n) is 27.5. The third-order valence-electron chi connectivity index (χ3n) is 7.75. The largest absolute Gasteiger partial charge is 0.399 e. The number of aromatic nitrogens is 4. The van der Waals surface area contributed by atoms with E-state index in [0.717, 1.165) is 63.7 Å². The van der Waals surface area contributed by atoms with E-state index >= 15 is 0 Å². The molecule has 0 amide bonds. The number of rotatable bonds is 5. The molecule has 48 heavy (non-hydrogen) atoms. The lowest BCUT2D eigenvalue weighted by Crippen LogP contribution is -2.44. The normalized spacial score (nSPS) is 14.8. The van der Waals surface area contributed by atoms with Crippen molar-refractivity contribution in [1.82, 2.24) is 29.7 Å². The van der Waals surface area contributed by atoms with Gasteiger partial charge in [-0.3, -0.25) is 0 Å². The molecule has 2 saturated heterocycles. The Bertz CT molecular complexity index is 1690. The number of anilines is 7. The molecule has 0 atom stereocenters. The summed E-state index contributed by atoms with van der Waals surface area (Å²) in [5.74, 6) is 0.827. The maximum Gasteiger partial charge on any atom is 0.245 e. The standard InChI is InChI=1S/C16H19N7.C11H17N3.C6H6N4S/c1-18-14-11-19-16(21-15(14)17)20-12-3-5-13(6-4-12)23-9-7-22(2)8-10-23;1-13-6-8-14(9-7-13)11-4-2-10(12)3-5-11;1-8-4-3-9-6(11-2)10-5(4)7/h3-6,11H,7-10H2,2H3,(H3,17,19,20,21);2-5H,6-9,12H2,1H3;3H,2H3,(H2,7,9,10). The van der Waals surface area contributed by atoms with Gasteiger partial charge in [0.2, 0.25) is 17.3 Å². The molecule has 0 aliphatic carbocycles. The van der Waals surface area contributed by atoms with E-state index in [0.29, 0.717) is 16.8 Å². The molecule has 2 aromatic carbocycles. The summed E-state index contributed by atoms with van der Waals surface area (Å²) in [5, 5.41) is 3.69. The van der Waals surface area contributed by atoms with Gasteiger partial charge in [0.15, 0.2) is 5.16 Å². The highest BCUT2D eigenvalue weighted by Crippen LogP contribution is 2.24. The van der Waals surface area contributed by atoms with E-state index in [2.05, 4.69) is 92.9 Å². The molecule has 2 aliphatic rings. The maximum atomic E-state index is 6.95. The van der Waals surface area contributed by atoms with Gasteiger partial charge >= 0.3 is 0 Å². The molecule has 6 rings (SSSR count). The molecule has 2 aliphatic heterocycles. The Morgan fingerprint density at radius 2 is 1.12 bits per heavy atom. The van der Waals surface area contributed by atoms with Gasteiger partial charge in [-0.05, 0) is 68.9 Å². The number of likely N-dealkylation sites (N-methyl/N-ethyl adjacent to an activating group) is 2. The van der Waals surface area contributed by atoms with E-state index in [-0.39, 0.29) is 17.3 Å². The molecular weight excluding hydrogens is 625 g/mol. The van der Waals surface area contributed by atoms with Crippen molar-refractivity contribution < 1.29 is 0 Å². The fraction of sp³-hybridized carbons (Fsp3) is 0.333. The Morgan fingerprint density at radius 3 is 1.56 bits per heavy atom. The minimum Gasteiger partial charge on any atom is -0.399 e. The summed E-state index contributed by atoms with van der Waals surface area (Å²) in [6.07, 6.45) is 4.71. The number of nitrogens with one attached hydrogen (secondary N) is 1. The summed E-state index contributed by atoms with van der Waals surface area (Å²) in [7, 11) is 4.32. The summed E-state index contributed by atoms with van der Waals surface area (Å²) in [6.45, 7) is 22.4. The Labute approximate surface area is 286 Å². The second kappa shape index (κ2) is 17.5. The van der Waals surface area contributed by atoms with Crippen LogP contribution in [-0.4, -0.2) is 102 Å². The van der Waals surface area contributed by atoms with Crippen molar-refractivity contribution in [2.24, 2.45) is 0 Å². The molecule has 14 nitrogen and oxygen atoms in total. The van der Waals surface area contributed by atoms with Crippen LogP contribution in [0.4, 0.5) is 51.7 Å². The van der Waals surface area contributed by atoms with Crippen LogP contribution >= 0.6 is 11.8 Å². The van der Waals surface area contributed by atoms with Crippen molar-refractivity contribution in [2.75, 3.05) is 105 Å². The number of piperazine rings is 2. The first-order chi connectivity index (χ1) is 23.2. The van der Waals surface area contributed by atoms with Crippen LogP contribution in [-0.2, 0) is 0 Å². The van der Waals surface area contributed by atoms with Crippen LogP contribution in [0.25, 0.3) is 9.69 Å². The molecule has 15 heteroatoms. The summed E-state index contributed by atoms with van der Waals surface area (Å²) in [5.41, 5.74) is 21.6. The average Bonchev–Trinajstić information content (AvgIpc) is 3.10. The molecule has 2 aromatic heterocycles. The molecule has 0 unspecified atom stereocenters. The maximum absolute atomic E-state index is 6.95. The molecule has 0 bridgehead atoms. The molecule has 2 fully saturated rings. The van der Waals surface area contributed by atoms with E-state index in [9.17, 15) is 0 Å². The van der Waals surface area contributed by atoms with E-state index in [1.165, 1.54) is 35.5 Å². The van der Waals surface area contributed by atoms with Crippen LogP contribution in [0.2, 0.25) is 0 Å². The van der Waals surface area contributed by atoms with E-state index in [1.807, 2.05) is 30.5 Å². The minimum absolute atomic E-state index is 0.187. The van der Waals surface area contributed by atoms with Crippen LogP contribution in [0.5, 0.6) is 0 Å². The number of nitrogens with zero attached hydrogens (tertiary/aromatic N) is 10. The van der Waals surface area contributed by atoms with E-state index in [1.54, 1.807) is 0 Å². The van der Waals surface area contributed by atoms with Crippen molar-refractivity contribution in [3.05, 3.63) is 83.8 Å². The van der Waals surface area contributed by atoms with Gasteiger partial charge in [0.25, 0.3) is 0 Å². The molecule has 0 saturated carbocycles. The topological polar surface area (TPSA) is 163 Å². The third-order valence-corrected chi connectivity index (χ3v) is 8.31. The lowest BCUT2D eigenvalue weighted by atomic mass is 10.2. The SMILES string of the molecule is CN1CCN(c2ccc(N)cc2)CC1.[C-]#[N+]c1cnc(Nc2ccc(N3CCN(C)CC3)cc2)nc1N.[C-]#[N+]c1cnc(SC)nc1N. The molecule has 7 N–H and O–H groups in total. The van der Waals surface area contributed by atoms with Gasteiger partial charge in [0.05, 0.1) is 13.1 Å². The summed E-state index contributed by atoms with van der Waals surface area (Å²) >= 11 is 1.40.